The Hall–Kier alpha value is -0.650. The van der Waals surface area contributed by atoms with Crippen molar-refractivity contribution in [1.82, 2.24) is 0 Å². The Labute approximate surface area is 69.6 Å². The molecule has 1 aliphatic heterocycles. The van der Waals surface area contributed by atoms with Gasteiger partial charge in [0, 0.05) is 6.42 Å². The van der Waals surface area contributed by atoms with Gasteiger partial charge in [0.2, 0.25) is 0 Å². The molecule has 0 aliphatic carbocycles. The fourth-order valence-corrected chi connectivity index (χ4v) is 1.23. The lowest BCUT2D eigenvalue weighted by atomic mass is 9.99. The molecular weight excluding hydrogens is 164 g/mol. The zero-order valence-corrected chi connectivity index (χ0v) is 6.67. The summed E-state index contributed by atoms with van der Waals surface area (Å²) in [7, 11) is 0. The van der Waals surface area contributed by atoms with Crippen LogP contribution in [-0.2, 0) is 9.53 Å². The number of ether oxygens (including phenoxy) is 1. The highest BCUT2D eigenvalue weighted by Gasteiger charge is 2.37. The van der Waals surface area contributed by atoms with Gasteiger partial charge in [0.1, 0.15) is 6.10 Å². The van der Waals surface area contributed by atoms with Crippen LogP contribution in [0.4, 0.5) is 0 Å². The number of aliphatic hydroxyl groups excluding tert-OH is 2. The minimum atomic E-state index is -1.10. The summed E-state index contributed by atoms with van der Waals surface area (Å²) in [5.41, 5.74) is 0. The Balaban J connectivity index is 2.59. The largest absolute Gasteiger partial charge is 0.479 e. The Bertz CT molecular complexity index is 169. The van der Waals surface area contributed by atoms with E-state index in [9.17, 15) is 15.0 Å². The van der Waals surface area contributed by atoms with Crippen LogP contribution >= 0.6 is 0 Å². The molecule has 0 bridgehead atoms. The predicted octanol–water partition coefficient (Wildman–Crippen LogP) is -1.03. The summed E-state index contributed by atoms with van der Waals surface area (Å²) in [5.74, 6) is -1.10. The summed E-state index contributed by atoms with van der Waals surface area (Å²) in [6, 6.07) is 0. The molecule has 0 aromatic rings. The van der Waals surface area contributed by atoms with Gasteiger partial charge in [0.15, 0.2) is 6.10 Å². The third kappa shape index (κ3) is 1.74. The molecule has 1 aliphatic rings. The molecule has 12 heavy (non-hydrogen) atoms. The fourth-order valence-electron chi connectivity index (χ4n) is 1.23. The minimum Gasteiger partial charge on any atom is -0.479 e. The first-order chi connectivity index (χ1) is 5.52. The van der Waals surface area contributed by atoms with E-state index >= 15 is 0 Å². The van der Waals surface area contributed by atoms with Crippen LogP contribution in [0.15, 0.2) is 0 Å². The third-order valence-corrected chi connectivity index (χ3v) is 1.99. The van der Waals surface area contributed by atoms with Crippen LogP contribution in [0, 0.1) is 0 Å². The van der Waals surface area contributed by atoms with E-state index in [1.807, 2.05) is 0 Å². The summed E-state index contributed by atoms with van der Waals surface area (Å²) in [4.78, 5) is 10.4. The molecule has 1 saturated heterocycles. The number of aliphatic carboxylic acids is 1. The van der Waals surface area contributed by atoms with Gasteiger partial charge in [-0.15, -0.1) is 0 Å². The molecule has 4 atom stereocenters. The SMILES string of the molecule is CC1O[C@H](C(=O)O)C[C@H](O)[C@H]1O. The number of hydrogen-bond acceptors (Lipinski definition) is 4. The third-order valence-electron chi connectivity index (χ3n) is 1.99. The Kier molecular flexibility index (Phi) is 2.66. The van der Waals surface area contributed by atoms with Gasteiger partial charge in [-0.05, 0) is 6.92 Å². The van der Waals surface area contributed by atoms with Crippen LogP contribution in [0.1, 0.15) is 13.3 Å². The number of carboxylic acid groups (broad SMARTS) is 1. The molecule has 1 rings (SSSR count). The highest BCUT2D eigenvalue weighted by Crippen LogP contribution is 2.19. The molecule has 0 radical (unpaired) electrons. The lowest BCUT2D eigenvalue weighted by Crippen LogP contribution is -2.49. The van der Waals surface area contributed by atoms with E-state index in [0.29, 0.717) is 0 Å². The number of carboxylic acids is 1. The topological polar surface area (TPSA) is 87.0 Å². The lowest BCUT2D eigenvalue weighted by molar-refractivity contribution is -0.186. The molecule has 1 unspecified atom stereocenters. The molecule has 1 heterocycles. The second kappa shape index (κ2) is 3.38. The average Bonchev–Trinajstić information content (AvgIpc) is 1.99. The van der Waals surface area contributed by atoms with Crippen molar-refractivity contribution in [3.8, 4) is 0 Å². The van der Waals surface area contributed by atoms with E-state index < -0.39 is 30.4 Å². The maximum atomic E-state index is 10.4. The number of aliphatic hydroxyl groups is 2. The first-order valence-electron chi connectivity index (χ1n) is 3.76. The van der Waals surface area contributed by atoms with Gasteiger partial charge in [-0.1, -0.05) is 0 Å². The predicted molar refractivity (Wildman–Crippen MR) is 38.6 cm³/mol. The van der Waals surface area contributed by atoms with Crippen LogP contribution in [-0.4, -0.2) is 45.7 Å². The van der Waals surface area contributed by atoms with E-state index in [-0.39, 0.29) is 6.42 Å². The molecule has 5 nitrogen and oxygen atoms in total. The lowest BCUT2D eigenvalue weighted by Gasteiger charge is -2.33. The summed E-state index contributed by atoms with van der Waals surface area (Å²) in [5, 5.41) is 26.9. The average molecular weight is 176 g/mol. The van der Waals surface area contributed by atoms with Gasteiger partial charge in [-0.2, -0.15) is 0 Å². The van der Waals surface area contributed by atoms with Gasteiger partial charge >= 0.3 is 5.97 Å². The van der Waals surface area contributed by atoms with Gasteiger partial charge in [0.05, 0.1) is 12.2 Å². The van der Waals surface area contributed by atoms with Gasteiger partial charge in [0.25, 0.3) is 0 Å². The molecule has 0 saturated carbocycles. The summed E-state index contributed by atoms with van der Waals surface area (Å²) in [6.07, 6.45) is -3.68. The number of rotatable bonds is 1. The number of hydrogen-bond donors (Lipinski definition) is 3. The molecular formula is C7H12O5. The van der Waals surface area contributed by atoms with Crippen molar-refractivity contribution < 1.29 is 24.9 Å². The molecule has 0 aromatic heterocycles. The van der Waals surface area contributed by atoms with E-state index in [1.165, 1.54) is 6.92 Å². The molecule has 0 aromatic carbocycles. The van der Waals surface area contributed by atoms with Crippen molar-refractivity contribution >= 4 is 5.97 Å². The van der Waals surface area contributed by atoms with Crippen molar-refractivity contribution in [2.24, 2.45) is 0 Å². The zero-order chi connectivity index (χ0) is 9.30. The molecule has 1 fully saturated rings. The molecule has 3 N–H and O–H groups in total. The van der Waals surface area contributed by atoms with Crippen molar-refractivity contribution in [2.75, 3.05) is 0 Å². The Morgan fingerprint density at radius 1 is 1.50 bits per heavy atom. The first-order valence-corrected chi connectivity index (χ1v) is 3.76. The summed E-state index contributed by atoms with van der Waals surface area (Å²) in [6.45, 7) is 1.53. The fraction of sp³-hybridized carbons (Fsp3) is 0.857. The van der Waals surface area contributed by atoms with Crippen molar-refractivity contribution in [3.63, 3.8) is 0 Å². The van der Waals surface area contributed by atoms with Crippen molar-refractivity contribution in [1.29, 1.82) is 0 Å². The minimum absolute atomic E-state index is 0.0547. The summed E-state index contributed by atoms with van der Waals surface area (Å²) < 4.78 is 4.92. The van der Waals surface area contributed by atoms with Gasteiger partial charge in [-0.3, -0.25) is 0 Å². The van der Waals surface area contributed by atoms with E-state index in [2.05, 4.69) is 0 Å². The first kappa shape index (κ1) is 9.44. The van der Waals surface area contributed by atoms with Crippen LogP contribution in [0.5, 0.6) is 0 Å². The maximum Gasteiger partial charge on any atom is 0.332 e. The van der Waals surface area contributed by atoms with Crippen molar-refractivity contribution in [3.05, 3.63) is 0 Å². The Morgan fingerprint density at radius 2 is 2.08 bits per heavy atom. The van der Waals surface area contributed by atoms with Crippen molar-refractivity contribution in [2.45, 2.75) is 37.8 Å². The Morgan fingerprint density at radius 3 is 2.50 bits per heavy atom. The second-order valence-corrected chi connectivity index (χ2v) is 2.96. The molecule has 5 heteroatoms. The van der Waals surface area contributed by atoms with Gasteiger partial charge < -0.3 is 20.1 Å². The number of carbonyl (C=O) groups is 1. The molecule has 0 spiro atoms. The summed E-state index contributed by atoms with van der Waals surface area (Å²) >= 11 is 0. The van der Waals surface area contributed by atoms with Crippen LogP contribution in [0.25, 0.3) is 0 Å². The van der Waals surface area contributed by atoms with E-state index in [0.717, 1.165) is 0 Å². The zero-order valence-electron chi connectivity index (χ0n) is 6.67. The van der Waals surface area contributed by atoms with Crippen LogP contribution < -0.4 is 0 Å². The van der Waals surface area contributed by atoms with Gasteiger partial charge in [-0.25, -0.2) is 4.79 Å². The van der Waals surface area contributed by atoms with E-state index in [1.54, 1.807) is 0 Å². The molecule has 0 amide bonds. The van der Waals surface area contributed by atoms with Crippen LogP contribution in [0.2, 0.25) is 0 Å². The monoisotopic (exact) mass is 176 g/mol. The smallest absolute Gasteiger partial charge is 0.332 e. The highest BCUT2D eigenvalue weighted by molar-refractivity contribution is 5.72. The standard InChI is InChI=1S/C7H12O5/c1-3-6(9)4(8)2-5(12-3)7(10)11/h3-6,8-9H,2H2,1H3,(H,10,11)/t3?,4-,5-,6-/m0/s1. The second-order valence-electron chi connectivity index (χ2n) is 2.96. The maximum absolute atomic E-state index is 10.4. The van der Waals surface area contributed by atoms with E-state index in [4.69, 9.17) is 9.84 Å². The highest BCUT2D eigenvalue weighted by atomic mass is 16.5. The quantitative estimate of drug-likeness (QED) is 0.475. The normalized spacial score (nSPS) is 42.6. The molecule has 70 valence electrons. The van der Waals surface area contributed by atoms with Crippen LogP contribution in [0.3, 0.4) is 0 Å².